The van der Waals surface area contributed by atoms with Crippen LogP contribution in [0.25, 0.3) is 0 Å². The van der Waals surface area contributed by atoms with Crippen LogP contribution in [0.2, 0.25) is 10.0 Å². The molecule has 1 atom stereocenters. The summed E-state index contributed by atoms with van der Waals surface area (Å²) >= 11 is 12.1. The van der Waals surface area contributed by atoms with Crippen molar-refractivity contribution in [3.05, 3.63) is 106 Å². The molecule has 0 heterocycles. The van der Waals surface area contributed by atoms with Crippen molar-refractivity contribution in [2.24, 2.45) is 5.92 Å². The van der Waals surface area contributed by atoms with Crippen molar-refractivity contribution in [2.75, 3.05) is 6.54 Å². The molecule has 1 unspecified atom stereocenters. The highest BCUT2D eigenvalue weighted by Gasteiger charge is 2.30. The molecule has 0 saturated carbocycles. The molecule has 0 saturated heterocycles. The number of carbonyl (C=O) groups is 2. The second kappa shape index (κ2) is 12.6. The number of hydrogen-bond donors (Lipinski definition) is 1. The van der Waals surface area contributed by atoms with Gasteiger partial charge in [-0.2, -0.15) is 0 Å². The molecule has 0 aromatic heterocycles. The summed E-state index contributed by atoms with van der Waals surface area (Å²) in [6, 6.07) is 23.7. The fourth-order valence-electron chi connectivity index (χ4n) is 3.64. The van der Waals surface area contributed by atoms with Crippen molar-refractivity contribution in [1.82, 2.24) is 10.2 Å². The molecule has 0 radical (unpaired) electrons. The average Bonchev–Trinajstić information content (AvgIpc) is 2.83. The van der Waals surface area contributed by atoms with E-state index < -0.39 is 6.04 Å². The summed E-state index contributed by atoms with van der Waals surface area (Å²) < 4.78 is 0. The van der Waals surface area contributed by atoms with E-state index in [1.807, 2.05) is 68.4 Å². The Kier molecular flexibility index (Phi) is 9.55. The van der Waals surface area contributed by atoms with Crippen molar-refractivity contribution in [3.8, 4) is 0 Å². The molecule has 2 amide bonds. The first kappa shape index (κ1) is 25.8. The third-order valence-corrected chi connectivity index (χ3v) is 5.99. The summed E-state index contributed by atoms with van der Waals surface area (Å²) in [4.78, 5) is 28.7. The average molecular weight is 497 g/mol. The van der Waals surface area contributed by atoms with E-state index >= 15 is 0 Å². The minimum Gasteiger partial charge on any atom is -0.354 e. The number of benzene rings is 3. The van der Waals surface area contributed by atoms with E-state index in [0.29, 0.717) is 35.5 Å². The van der Waals surface area contributed by atoms with Crippen LogP contribution in [0.1, 0.15) is 30.5 Å². The van der Waals surface area contributed by atoms with E-state index in [1.54, 1.807) is 29.2 Å². The van der Waals surface area contributed by atoms with E-state index in [2.05, 4.69) is 5.32 Å². The number of nitrogens with zero attached hydrogens (tertiary/aromatic N) is 1. The summed E-state index contributed by atoms with van der Waals surface area (Å²) in [5.41, 5.74) is 2.74. The van der Waals surface area contributed by atoms with Crippen molar-refractivity contribution in [1.29, 1.82) is 0 Å². The first-order valence-electron chi connectivity index (χ1n) is 11.4. The van der Waals surface area contributed by atoms with Gasteiger partial charge in [0.2, 0.25) is 11.8 Å². The molecule has 178 valence electrons. The summed E-state index contributed by atoms with van der Waals surface area (Å²) in [5.74, 6) is 0.0182. The second-order valence-corrected chi connectivity index (χ2v) is 9.67. The largest absolute Gasteiger partial charge is 0.354 e. The molecular weight excluding hydrogens is 467 g/mol. The molecule has 0 bridgehead atoms. The minimum absolute atomic E-state index is 0.127. The molecule has 3 aromatic rings. The van der Waals surface area contributed by atoms with Gasteiger partial charge in [-0.15, -0.1) is 0 Å². The van der Waals surface area contributed by atoms with Crippen LogP contribution in [0, 0.1) is 5.92 Å². The quantitative estimate of drug-likeness (QED) is 0.377. The number of hydrogen-bond acceptors (Lipinski definition) is 2. The number of carbonyl (C=O) groups excluding carboxylic acids is 2. The molecule has 0 aliphatic heterocycles. The van der Waals surface area contributed by atoms with Crippen LogP contribution in [-0.2, 0) is 29.0 Å². The van der Waals surface area contributed by atoms with E-state index in [1.165, 1.54) is 0 Å². The first-order valence-corrected chi connectivity index (χ1v) is 12.2. The van der Waals surface area contributed by atoms with E-state index in [4.69, 9.17) is 23.2 Å². The third kappa shape index (κ3) is 7.89. The van der Waals surface area contributed by atoms with Crippen LogP contribution in [0.15, 0.2) is 78.9 Å². The van der Waals surface area contributed by atoms with Crippen LogP contribution < -0.4 is 5.32 Å². The highest BCUT2D eigenvalue weighted by atomic mass is 35.5. The Hall–Kier alpha value is -2.82. The highest BCUT2D eigenvalue weighted by Crippen LogP contribution is 2.19. The van der Waals surface area contributed by atoms with Gasteiger partial charge in [0.05, 0.1) is 6.42 Å². The van der Waals surface area contributed by atoms with Crippen LogP contribution in [0.3, 0.4) is 0 Å². The fraction of sp³-hybridized carbons (Fsp3) is 0.286. The third-order valence-electron chi connectivity index (χ3n) is 5.49. The highest BCUT2D eigenvalue weighted by molar-refractivity contribution is 6.30. The van der Waals surface area contributed by atoms with Gasteiger partial charge in [-0.05, 0) is 46.9 Å². The van der Waals surface area contributed by atoms with E-state index in [0.717, 1.165) is 16.7 Å². The summed E-state index contributed by atoms with van der Waals surface area (Å²) in [6.07, 6.45) is 0.595. The lowest BCUT2D eigenvalue weighted by Gasteiger charge is -2.32. The van der Waals surface area contributed by atoms with Crippen LogP contribution in [0.5, 0.6) is 0 Å². The standard InChI is InChI=1S/C28H30Cl2N2O2/c1-20(2)18-31-28(34)26(16-21-6-4-3-5-7-21)32(19-23-10-14-25(30)15-11-23)27(33)17-22-8-12-24(29)13-9-22/h3-15,20,26H,16-19H2,1-2H3,(H,31,34). The van der Waals surface area contributed by atoms with Gasteiger partial charge in [-0.1, -0.05) is 91.6 Å². The van der Waals surface area contributed by atoms with Crippen molar-refractivity contribution in [2.45, 2.75) is 39.3 Å². The van der Waals surface area contributed by atoms with Gasteiger partial charge in [0.15, 0.2) is 0 Å². The van der Waals surface area contributed by atoms with Gasteiger partial charge in [0.1, 0.15) is 6.04 Å². The topological polar surface area (TPSA) is 49.4 Å². The van der Waals surface area contributed by atoms with Gasteiger partial charge >= 0.3 is 0 Å². The predicted molar refractivity (Wildman–Crippen MR) is 139 cm³/mol. The lowest BCUT2D eigenvalue weighted by molar-refractivity contribution is -0.140. The Bertz CT molecular complexity index is 1070. The predicted octanol–water partition coefficient (Wildman–Crippen LogP) is 5.95. The number of amides is 2. The Labute approximate surface area is 211 Å². The monoisotopic (exact) mass is 496 g/mol. The fourth-order valence-corrected chi connectivity index (χ4v) is 3.89. The summed E-state index contributed by atoms with van der Waals surface area (Å²) in [6.45, 7) is 4.94. The number of nitrogens with one attached hydrogen (secondary N) is 1. The van der Waals surface area contributed by atoms with Gasteiger partial charge in [0, 0.05) is 29.6 Å². The number of rotatable bonds is 10. The van der Waals surface area contributed by atoms with Crippen molar-refractivity contribution in [3.63, 3.8) is 0 Å². The molecule has 6 heteroatoms. The summed E-state index contributed by atoms with van der Waals surface area (Å²) in [5, 5.41) is 4.27. The van der Waals surface area contributed by atoms with Crippen LogP contribution >= 0.6 is 23.2 Å². The minimum atomic E-state index is -0.656. The molecular formula is C28H30Cl2N2O2. The van der Waals surface area contributed by atoms with Crippen LogP contribution in [-0.4, -0.2) is 29.3 Å². The maximum absolute atomic E-state index is 13.6. The maximum Gasteiger partial charge on any atom is 0.243 e. The first-order chi connectivity index (χ1) is 16.3. The molecule has 34 heavy (non-hydrogen) atoms. The van der Waals surface area contributed by atoms with Gasteiger partial charge in [-0.25, -0.2) is 0 Å². The Balaban J connectivity index is 1.93. The summed E-state index contributed by atoms with van der Waals surface area (Å²) in [7, 11) is 0. The SMILES string of the molecule is CC(C)CNC(=O)C(Cc1ccccc1)N(Cc1ccc(Cl)cc1)C(=O)Cc1ccc(Cl)cc1. The molecule has 0 spiro atoms. The smallest absolute Gasteiger partial charge is 0.243 e. The lowest BCUT2D eigenvalue weighted by atomic mass is 10.0. The zero-order chi connectivity index (χ0) is 24.5. The van der Waals surface area contributed by atoms with Crippen molar-refractivity contribution >= 4 is 35.0 Å². The lowest BCUT2D eigenvalue weighted by Crippen LogP contribution is -2.51. The van der Waals surface area contributed by atoms with E-state index in [9.17, 15) is 9.59 Å². The zero-order valence-electron chi connectivity index (χ0n) is 19.5. The zero-order valence-corrected chi connectivity index (χ0v) is 21.0. The molecule has 4 nitrogen and oxygen atoms in total. The van der Waals surface area contributed by atoms with Crippen LogP contribution in [0.4, 0.5) is 0 Å². The Morgan fingerprint density at radius 2 is 1.35 bits per heavy atom. The molecule has 1 N–H and O–H groups in total. The molecule has 3 rings (SSSR count). The molecule has 0 fully saturated rings. The van der Waals surface area contributed by atoms with Gasteiger partial charge < -0.3 is 10.2 Å². The van der Waals surface area contributed by atoms with E-state index in [-0.39, 0.29) is 18.2 Å². The normalized spacial score (nSPS) is 11.8. The van der Waals surface area contributed by atoms with Gasteiger partial charge in [0.25, 0.3) is 0 Å². The number of halogens is 2. The van der Waals surface area contributed by atoms with Gasteiger partial charge in [-0.3, -0.25) is 9.59 Å². The molecule has 3 aromatic carbocycles. The molecule has 0 aliphatic carbocycles. The maximum atomic E-state index is 13.6. The molecule has 0 aliphatic rings. The second-order valence-electron chi connectivity index (χ2n) is 8.80. The Morgan fingerprint density at radius 3 is 1.91 bits per heavy atom. The Morgan fingerprint density at radius 1 is 0.794 bits per heavy atom. The van der Waals surface area contributed by atoms with Crippen molar-refractivity contribution < 1.29 is 9.59 Å².